The Morgan fingerprint density at radius 2 is 2.25 bits per heavy atom. The Morgan fingerprint density at radius 1 is 1.50 bits per heavy atom. The van der Waals surface area contributed by atoms with Gasteiger partial charge in [-0.2, -0.15) is 0 Å². The van der Waals surface area contributed by atoms with E-state index in [4.69, 9.17) is 4.74 Å². The second-order valence-corrected chi connectivity index (χ2v) is 3.65. The Balaban J connectivity index is 2.28. The largest absolute Gasteiger partial charge is 0.383 e. The fourth-order valence-electron chi connectivity index (χ4n) is 1.62. The van der Waals surface area contributed by atoms with Crippen molar-refractivity contribution < 1.29 is 4.74 Å². The Kier molecular flexibility index (Phi) is 3.98. The summed E-state index contributed by atoms with van der Waals surface area (Å²) in [4.78, 5) is 2.48. The summed E-state index contributed by atoms with van der Waals surface area (Å²) in [7, 11) is 1.76. The van der Waals surface area contributed by atoms with Crippen molar-refractivity contribution in [1.29, 1.82) is 0 Å². The predicted molar refractivity (Wildman–Crippen MR) is 50.4 cm³/mol. The average molecular weight is 172 g/mol. The molecule has 1 fully saturated rings. The zero-order chi connectivity index (χ0) is 8.97. The number of nitrogens with one attached hydrogen (secondary N) is 1. The maximum absolute atomic E-state index is 5.07. The predicted octanol–water partition coefficient (Wildman–Crippen LogP) is 0.315. The Labute approximate surface area is 75.1 Å². The summed E-state index contributed by atoms with van der Waals surface area (Å²) in [5.41, 5.74) is 0. The molecule has 1 aliphatic heterocycles. The van der Waals surface area contributed by atoms with Crippen LogP contribution < -0.4 is 5.32 Å². The molecule has 2 atom stereocenters. The highest BCUT2D eigenvalue weighted by Crippen LogP contribution is 2.05. The van der Waals surface area contributed by atoms with Crippen molar-refractivity contribution in [3.05, 3.63) is 0 Å². The van der Waals surface area contributed by atoms with Crippen LogP contribution in [0.4, 0.5) is 0 Å². The maximum atomic E-state index is 5.07. The summed E-state index contributed by atoms with van der Waals surface area (Å²) in [5, 5.41) is 3.46. The van der Waals surface area contributed by atoms with Gasteiger partial charge in [0.05, 0.1) is 6.61 Å². The molecular formula is C9H20N2O. The van der Waals surface area contributed by atoms with E-state index >= 15 is 0 Å². The fraction of sp³-hybridized carbons (Fsp3) is 1.00. The van der Waals surface area contributed by atoms with Gasteiger partial charge in [0, 0.05) is 38.8 Å². The molecule has 1 aliphatic rings. The zero-order valence-electron chi connectivity index (χ0n) is 8.34. The van der Waals surface area contributed by atoms with Crippen molar-refractivity contribution >= 4 is 0 Å². The molecule has 3 heteroatoms. The van der Waals surface area contributed by atoms with E-state index in [9.17, 15) is 0 Å². The molecule has 3 nitrogen and oxygen atoms in total. The van der Waals surface area contributed by atoms with E-state index < -0.39 is 0 Å². The van der Waals surface area contributed by atoms with Crippen LogP contribution in [0.5, 0.6) is 0 Å². The smallest absolute Gasteiger partial charge is 0.0589 e. The highest BCUT2D eigenvalue weighted by atomic mass is 16.5. The summed E-state index contributed by atoms with van der Waals surface area (Å²) in [5.74, 6) is 0. The van der Waals surface area contributed by atoms with Gasteiger partial charge >= 0.3 is 0 Å². The van der Waals surface area contributed by atoms with Crippen LogP contribution in [-0.4, -0.2) is 50.3 Å². The molecule has 0 radical (unpaired) electrons. The summed E-state index contributed by atoms with van der Waals surface area (Å²) >= 11 is 0. The summed E-state index contributed by atoms with van der Waals surface area (Å²) in [6.07, 6.45) is 0. The number of ether oxygens (including phenoxy) is 1. The average Bonchev–Trinajstić information content (AvgIpc) is 2.07. The lowest BCUT2D eigenvalue weighted by atomic mass is 10.1. The van der Waals surface area contributed by atoms with Crippen molar-refractivity contribution in [2.75, 3.05) is 33.4 Å². The van der Waals surface area contributed by atoms with E-state index in [0.29, 0.717) is 12.1 Å². The number of hydrogen-bond acceptors (Lipinski definition) is 3. The van der Waals surface area contributed by atoms with E-state index in [-0.39, 0.29) is 0 Å². The van der Waals surface area contributed by atoms with Gasteiger partial charge in [0.1, 0.15) is 0 Å². The molecule has 2 unspecified atom stereocenters. The molecule has 0 amide bonds. The fourth-order valence-corrected chi connectivity index (χ4v) is 1.62. The van der Waals surface area contributed by atoms with Crippen LogP contribution in [0, 0.1) is 0 Å². The summed E-state index contributed by atoms with van der Waals surface area (Å²) in [6, 6.07) is 1.27. The third-order valence-electron chi connectivity index (χ3n) is 2.48. The van der Waals surface area contributed by atoms with Crippen molar-refractivity contribution in [1.82, 2.24) is 10.2 Å². The number of methoxy groups -OCH3 is 1. The first kappa shape index (κ1) is 9.96. The molecule has 1 N–H and O–H groups in total. The number of rotatable bonds is 3. The normalized spacial score (nSPS) is 32.2. The molecule has 0 aromatic heterocycles. The van der Waals surface area contributed by atoms with Gasteiger partial charge in [0.15, 0.2) is 0 Å². The molecule has 72 valence electrons. The topological polar surface area (TPSA) is 24.5 Å². The summed E-state index contributed by atoms with van der Waals surface area (Å²) < 4.78 is 5.07. The number of nitrogens with zero attached hydrogens (tertiary/aromatic N) is 1. The SMILES string of the molecule is COCCN1CC(C)NCC1C. The maximum Gasteiger partial charge on any atom is 0.0589 e. The Hall–Kier alpha value is -0.120. The minimum Gasteiger partial charge on any atom is -0.383 e. The monoisotopic (exact) mass is 172 g/mol. The zero-order valence-corrected chi connectivity index (χ0v) is 8.34. The minimum absolute atomic E-state index is 0.623. The Morgan fingerprint density at radius 3 is 2.92 bits per heavy atom. The van der Waals surface area contributed by atoms with Crippen LogP contribution in [0.2, 0.25) is 0 Å². The van der Waals surface area contributed by atoms with Crippen LogP contribution in [0.3, 0.4) is 0 Å². The van der Waals surface area contributed by atoms with E-state index in [1.54, 1.807) is 7.11 Å². The molecule has 0 spiro atoms. The lowest BCUT2D eigenvalue weighted by molar-refractivity contribution is 0.0966. The van der Waals surface area contributed by atoms with Gasteiger partial charge in [-0.3, -0.25) is 4.90 Å². The molecular weight excluding hydrogens is 152 g/mol. The molecule has 0 aliphatic carbocycles. The van der Waals surface area contributed by atoms with E-state index in [2.05, 4.69) is 24.1 Å². The first-order chi connectivity index (χ1) is 5.74. The van der Waals surface area contributed by atoms with Crippen LogP contribution >= 0.6 is 0 Å². The van der Waals surface area contributed by atoms with Crippen LogP contribution in [0.1, 0.15) is 13.8 Å². The van der Waals surface area contributed by atoms with Gasteiger partial charge < -0.3 is 10.1 Å². The van der Waals surface area contributed by atoms with Crippen molar-refractivity contribution in [3.8, 4) is 0 Å². The van der Waals surface area contributed by atoms with E-state index in [1.807, 2.05) is 0 Å². The van der Waals surface area contributed by atoms with Crippen LogP contribution in [0.25, 0.3) is 0 Å². The second kappa shape index (κ2) is 4.80. The first-order valence-electron chi connectivity index (χ1n) is 4.70. The number of hydrogen-bond donors (Lipinski definition) is 1. The lowest BCUT2D eigenvalue weighted by Crippen LogP contribution is -2.54. The van der Waals surface area contributed by atoms with Gasteiger partial charge in [0.25, 0.3) is 0 Å². The van der Waals surface area contributed by atoms with Crippen molar-refractivity contribution in [2.24, 2.45) is 0 Å². The highest BCUT2D eigenvalue weighted by molar-refractivity contribution is 4.80. The molecule has 1 heterocycles. The molecule has 0 bridgehead atoms. The minimum atomic E-state index is 0.623. The third kappa shape index (κ3) is 2.73. The third-order valence-corrected chi connectivity index (χ3v) is 2.48. The Bertz CT molecular complexity index is 130. The lowest BCUT2D eigenvalue weighted by Gasteiger charge is -2.37. The van der Waals surface area contributed by atoms with Gasteiger partial charge in [-0.15, -0.1) is 0 Å². The van der Waals surface area contributed by atoms with Gasteiger partial charge in [-0.25, -0.2) is 0 Å². The molecule has 0 saturated carbocycles. The summed E-state index contributed by atoms with van der Waals surface area (Å²) in [6.45, 7) is 8.64. The molecule has 1 saturated heterocycles. The quantitative estimate of drug-likeness (QED) is 0.663. The van der Waals surface area contributed by atoms with Crippen LogP contribution in [0.15, 0.2) is 0 Å². The molecule has 0 aromatic rings. The van der Waals surface area contributed by atoms with Gasteiger partial charge in [-0.1, -0.05) is 0 Å². The molecule has 0 aromatic carbocycles. The van der Waals surface area contributed by atoms with Gasteiger partial charge in [-0.05, 0) is 13.8 Å². The van der Waals surface area contributed by atoms with E-state index in [1.165, 1.54) is 0 Å². The standard InChI is InChI=1S/C9H20N2O/c1-8-7-11(4-5-12-3)9(2)6-10-8/h8-10H,4-7H2,1-3H3. The van der Waals surface area contributed by atoms with E-state index in [0.717, 1.165) is 26.2 Å². The molecule has 12 heavy (non-hydrogen) atoms. The highest BCUT2D eigenvalue weighted by Gasteiger charge is 2.21. The number of piperazine rings is 1. The first-order valence-corrected chi connectivity index (χ1v) is 4.70. The van der Waals surface area contributed by atoms with Gasteiger partial charge in [0.2, 0.25) is 0 Å². The second-order valence-electron chi connectivity index (χ2n) is 3.65. The van der Waals surface area contributed by atoms with Crippen LogP contribution in [-0.2, 0) is 4.74 Å². The van der Waals surface area contributed by atoms with Crippen molar-refractivity contribution in [2.45, 2.75) is 25.9 Å². The van der Waals surface area contributed by atoms with Crippen molar-refractivity contribution in [3.63, 3.8) is 0 Å². The molecule has 1 rings (SSSR count).